The Morgan fingerprint density at radius 3 is 1.55 bits per heavy atom. The maximum Gasteiger partial charge on any atom is 0.472 e. The standard InChI is InChI=1S/C42H84NO7P/c1-6-8-10-12-14-16-18-19-20-21-22-23-24-26-28-30-32-34-37-47-39-41(40-49-51(45,46)48-38-36-43(3,4)5)50-42(44)35-33-31-29-27-25-17-15-13-11-9-7-2/h13,15,41H,6-12,14,16-40H2,1-5H3/p+1/b15-13-/t41-/m1/s1. The van der Waals surface area contributed by atoms with Crippen molar-refractivity contribution in [2.75, 3.05) is 54.1 Å². The van der Waals surface area contributed by atoms with Crippen LogP contribution >= 0.6 is 7.82 Å². The summed E-state index contributed by atoms with van der Waals surface area (Å²) in [5.41, 5.74) is 0. The van der Waals surface area contributed by atoms with E-state index in [-0.39, 0.29) is 25.8 Å². The van der Waals surface area contributed by atoms with Gasteiger partial charge in [0.1, 0.15) is 19.3 Å². The van der Waals surface area contributed by atoms with E-state index in [1.807, 2.05) is 21.1 Å². The van der Waals surface area contributed by atoms with Crippen LogP contribution in [0, 0.1) is 0 Å². The summed E-state index contributed by atoms with van der Waals surface area (Å²) in [7, 11) is 1.67. The number of rotatable bonds is 40. The molecule has 0 aromatic carbocycles. The summed E-state index contributed by atoms with van der Waals surface area (Å²) in [5.74, 6) is -0.321. The van der Waals surface area contributed by atoms with E-state index in [1.165, 1.54) is 128 Å². The molecule has 0 amide bonds. The van der Waals surface area contributed by atoms with Crippen LogP contribution in [0.25, 0.3) is 0 Å². The van der Waals surface area contributed by atoms with E-state index >= 15 is 0 Å². The van der Waals surface area contributed by atoms with Gasteiger partial charge >= 0.3 is 13.8 Å². The molecule has 304 valence electrons. The van der Waals surface area contributed by atoms with Crippen molar-refractivity contribution in [3.05, 3.63) is 12.2 Å². The molecule has 51 heavy (non-hydrogen) atoms. The van der Waals surface area contributed by atoms with Gasteiger partial charge in [0.2, 0.25) is 0 Å². The Kier molecular flexibility index (Phi) is 35.7. The molecule has 2 atom stereocenters. The average Bonchev–Trinajstić information content (AvgIpc) is 3.08. The van der Waals surface area contributed by atoms with Crippen molar-refractivity contribution in [1.82, 2.24) is 0 Å². The van der Waals surface area contributed by atoms with Crippen LogP contribution in [-0.4, -0.2) is 75.6 Å². The lowest BCUT2D eigenvalue weighted by atomic mass is 10.0. The van der Waals surface area contributed by atoms with Gasteiger partial charge in [-0.1, -0.05) is 167 Å². The number of phosphoric ester groups is 1. The quantitative estimate of drug-likeness (QED) is 0.0219. The maximum absolute atomic E-state index is 12.6. The number of likely N-dealkylation sites (N-methyl/N-ethyl adjacent to an activating group) is 1. The van der Waals surface area contributed by atoms with Gasteiger partial charge in [-0.05, 0) is 32.1 Å². The van der Waals surface area contributed by atoms with Gasteiger partial charge in [-0.25, -0.2) is 4.57 Å². The molecule has 1 N–H and O–H groups in total. The largest absolute Gasteiger partial charge is 0.472 e. The minimum atomic E-state index is -4.27. The Balaban J connectivity index is 4.16. The van der Waals surface area contributed by atoms with E-state index in [1.54, 1.807) is 0 Å². The highest BCUT2D eigenvalue weighted by Gasteiger charge is 2.26. The van der Waals surface area contributed by atoms with Crippen molar-refractivity contribution < 1.29 is 37.3 Å². The second-order valence-corrected chi connectivity index (χ2v) is 17.2. The molecular formula is C42H85NO7P+. The molecule has 0 spiro atoms. The van der Waals surface area contributed by atoms with Gasteiger partial charge in [0.15, 0.2) is 0 Å². The smallest absolute Gasteiger partial charge is 0.457 e. The fraction of sp³-hybridized carbons (Fsp3) is 0.929. The summed E-state index contributed by atoms with van der Waals surface area (Å²) in [6.45, 7) is 5.61. The number of carbonyl (C=O) groups excluding carboxylic acids is 1. The molecule has 0 saturated heterocycles. The van der Waals surface area contributed by atoms with E-state index < -0.39 is 13.9 Å². The SMILES string of the molecule is CCCC/C=C\CCCCCCCC(=O)O[C@H](COCCCCCCCCCCCCCCCCCCCC)COP(=O)(O)OCC[N+](C)(C)C. The van der Waals surface area contributed by atoms with Crippen LogP contribution in [0.3, 0.4) is 0 Å². The molecular weight excluding hydrogens is 661 g/mol. The molecule has 0 aliphatic rings. The first kappa shape index (κ1) is 50.2. The Hall–Kier alpha value is -0.760. The Bertz CT molecular complexity index is 833. The third kappa shape index (κ3) is 40.3. The van der Waals surface area contributed by atoms with E-state index in [0.29, 0.717) is 24.1 Å². The van der Waals surface area contributed by atoms with E-state index in [4.69, 9.17) is 18.5 Å². The highest BCUT2D eigenvalue weighted by atomic mass is 31.2. The first-order valence-electron chi connectivity index (χ1n) is 21.4. The van der Waals surface area contributed by atoms with Gasteiger partial charge < -0.3 is 18.9 Å². The van der Waals surface area contributed by atoms with Crippen molar-refractivity contribution >= 4 is 13.8 Å². The van der Waals surface area contributed by atoms with Crippen LogP contribution in [0.1, 0.15) is 194 Å². The zero-order valence-electron chi connectivity index (χ0n) is 34.4. The third-order valence-corrected chi connectivity index (χ3v) is 10.3. The summed E-state index contributed by atoms with van der Waals surface area (Å²) < 4.78 is 34.9. The number of carbonyl (C=O) groups is 1. The molecule has 0 fully saturated rings. The van der Waals surface area contributed by atoms with Crippen LogP contribution in [0.5, 0.6) is 0 Å². The van der Waals surface area contributed by atoms with Crippen LogP contribution in [0.2, 0.25) is 0 Å². The monoisotopic (exact) mass is 747 g/mol. The van der Waals surface area contributed by atoms with Crippen LogP contribution in [0.4, 0.5) is 0 Å². The van der Waals surface area contributed by atoms with Crippen LogP contribution < -0.4 is 0 Å². The van der Waals surface area contributed by atoms with Gasteiger partial charge in [-0.2, -0.15) is 0 Å². The fourth-order valence-electron chi connectivity index (χ4n) is 5.95. The minimum absolute atomic E-state index is 0.0900. The molecule has 1 unspecified atom stereocenters. The van der Waals surface area contributed by atoms with Gasteiger partial charge in [0.25, 0.3) is 0 Å². The van der Waals surface area contributed by atoms with Gasteiger partial charge in [-0.15, -0.1) is 0 Å². The number of phosphoric acid groups is 1. The summed E-state index contributed by atoms with van der Waals surface area (Å²) >= 11 is 0. The zero-order chi connectivity index (χ0) is 37.7. The summed E-state index contributed by atoms with van der Waals surface area (Å²) in [6.07, 6.45) is 38.1. The van der Waals surface area contributed by atoms with Crippen molar-refractivity contribution in [3.8, 4) is 0 Å². The fourth-order valence-corrected chi connectivity index (χ4v) is 6.69. The second kappa shape index (κ2) is 36.2. The number of esters is 1. The second-order valence-electron chi connectivity index (χ2n) is 15.7. The zero-order valence-corrected chi connectivity index (χ0v) is 35.3. The number of nitrogens with zero attached hydrogens (tertiary/aromatic N) is 1. The van der Waals surface area contributed by atoms with Gasteiger partial charge in [0.05, 0.1) is 34.4 Å². The summed E-state index contributed by atoms with van der Waals surface area (Å²) in [4.78, 5) is 22.8. The van der Waals surface area contributed by atoms with Gasteiger partial charge in [0, 0.05) is 13.0 Å². The first-order valence-corrected chi connectivity index (χ1v) is 22.9. The normalized spacial score (nSPS) is 13.9. The number of quaternary nitrogens is 1. The summed E-state index contributed by atoms with van der Waals surface area (Å²) in [5, 5.41) is 0. The molecule has 0 saturated carbocycles. The van der Waals surface area contributed by atoms with Crippen LogP contribution in [0.15, 0.2) is 12.2 Å². The number of hydrogen-bond acceptors (Lipinski definition) is 6. The van der Waals surface area contributed by atoms with Crippen molar-refractivity contribution in [2.24, 2.45) is 0 Å². The highest BCUT2D eigenvalue weighted by molar-refractivity contribution is 7.47. The van der Waals surface area contributed by atoms with Crippen molar-refractivity contribution in [3.63, 3.8) is 0 Å². The Morgan fingerprint density at radius 2 is 1.04 bits per heavy atom. The van der Waals surface area contributed by atoms with Gasteiger partial charge in [-0.3, -0.25) is 13.8 Å². The molecule has 0 bridgehead atoms. The summed E-state index contributed by atoms with van der Waals surface area (Å²) in [6, 6.07) is 0. The van der Waals surface area contributed by atoms with Crippen molar-refractivity contribution in [2.45, 2.75) is 200 Å². The third-order valence-electron chi connectivity index (χ3n) is 9.33. The number of unbranched alkanes of at least 4 members (excludes halogenated alkanes) is 24. The van der Waals surface area contributed by atoms with Crippen LogP contribution in [-0.2, 0) is 27.9 Å². The van der Waals surface area contributed by atoms with E-state index in [0.717, 1.165) is 44.9 Å². The molecule has 0 heterocycles. The molecule has 9 heteroatoms. The maximum atomic E-state index is 12.6. The lowest BCUT2D eigenvalue weighted by Gasteiger charge is -2.24. The Labute approximate surface area is 316 Å². The lowest BCUT2D eigenvalue weighted by Crippen LogP contribution is -2.37. The molecule has 0 aromatic rings. The van der Waals surface area contributed by atoms with E-state index in [2.05, 4.69) is 26.0 Å². The first-order chi connectivity index (χ1) is 24.6. The molecule has 0 aliphatic heterocycles. The predicted molar refractivity (Wildman–Crippen MR) is 215 cm³/mol. The number of hydrogen-bond donors (Lipinski definition) is 1. The average molecular weight is 747 g/mol. The Morgan fingerprint density at radius 1 is 0.588 bits per heavy atom. The number of allylic oxidation sites excluding steroid dienone is 2. The highest BCUT2D eigenvalue weighted by Crippen LogP contribution is 2.43. The molecule has 0 aliphatic carbocycles. The molecule has 0 aromatic heterocycles. The van der Waals surface area contributed by atoms with E-state index in [9.17, 15) is 14.3 Å². The lowest BCUT2D eigenvalue weighted by molar-refractivity contribution is -0.870. The topological polar surface area (TPSA) is 91.3 Å². The predicted octanol–water partition coefficient (Wildman–Crippen LogP) is 12.3. The molecule has 0 radical (unpaired) electrons. The minimum Gasteiger partial charge on any atom is -0.457 e. The molecule has 0 rings (SSSR count). The number of ether oxygens (including phenoxy) is 2. The molecule has 8 nitrogen and oxygen atoms in total. The van der Waals surface area contributed by atoms with Crippen molar-refractivity contribution in [1.29, 1.82) is 0 Å².